The van der Waals surface area contributed by atoms with E-state index in [2.05, 4.69) is 10.3 Å². The van der Waals surface area contributed by atoms with Crippen LogP contribution in [0.2, 0.25) is 5.02 Å². The van der Waals surface area contributed by atoms with E-state index < -0.39 is 11.7 Å². The Hall–Kier alpha value is -1.20. The maximum Gasteiger partial charge on any atom is 0.254 e. The van der Waals surface area contributed by atoms with Gasteiger partial charge in [-0.1, -0.05) is 11.6 Å². The molecule has 1 amide bonds. The van der Waals surface area contributed by atoms with E-state index in [4.69, 9.17) is 16.7 Å². The zero-order chi connectivity index (χ0) is 13.8. The van der Waals surface area contributed by atoms with Gasteiger partial charge in [-0.05, 0) is 31.6 Å². The molecule has 0 saturated heterocycles. The zero-order valence-corrected chi connectivity index (χ0v) is 11.2. The first-order chi connectivity index (χ1) is 9.11. The molecule has 4 nitrogen and oxygen atoms in total. The van der Waals surface area contributed by atoms with Crippen molar-refractivity contribution in [2.45, 2.75) is 31.7 Å². The first-order valence-corrected chi connectivity index (χ1v) is 6.70. The standard InChI is InChI=1S/C13H16ClFN2O2/c14-12-10(5-16-6-11(12)15)13(19)17-9-3-1-8(7-18)2-4-9/h5-6,8-9,18H,1-4,7H2,(H,17,19). The van der Waals surface area contributed by atoms with Crippen LogP contribution in [0.4, 0.5) is 4.39 Å². The number of halogens is 2. The molecule has 0 bridgehead atoms. The Morgan fingerprint density at radius 1 is 1.42 bits per heavy atom. The minimum absolute atomic E-state index is 0.0506. The third-order valence-electron chi connectivity index (χ3n) is 3.52. The number of aliphatic hydroxyl groups excluding tert-OH is 1. The van der Waals surface area contributed by atoms with E-state index >= 15 is 0 Å². The van der Waals surface area contributed by atoms with Gasteiger partial charge in [0.05, 0.1) is 16.8 Å². The van der Waals surface area contributed by atoms with Crippen molar-refractivity contribution < 1.29 is 14.3 Å². The van der Waals surface area contributed by atoms with Crippen LogP contribution in [0.3, 0.4) is 0 Å². The summed E-state index contributed by atoms with van der Waals surface area (Å²) in [7, 11) is 0. The largest absolute Gasteiger partial charge is 0.396 e. The second-order valence-electron chi connectivity index (χ2n) is 4.86. The van der Waals surface area contributed by atoms with Gasteiger partial charge in [-0.15, -0.1) is 0 Å². The molecule has 19 heavy (non-hydrogen) atoms. The number of amides is 1. The summed E-state index contributed by atoms with van der Waals surface area (Å²) in [5, 5.41) is 11.7. The van der Waals surface area contributed by atoms with Crippen molar-refractivity contribution in [2.75, 3.05) is 6.61 Å². The average Bonchev–Trinajstić information content (AvgIpc) is 2.42. The highest BCUT2D eigenvalue weighted by atomic mass is 35.5. The summed E-state index contributed by atoms with van der Waals surface area (Å²) in [6.07, 6.45) is 5.65. The fraction of sp³-hybridized carbons (Fsp3) is 0.538. The van der Waals surface area contributed by atoms with Gasteiger partial charge in [0.25, 0.3) is 5.91 Å². The molecule has 1 aromatic heterocycles. The summed E-state index contributed by atoms with van der Waals surface area (Å²) in [5.41, 5.74) is 0.0611. The van der Waals surface area contributed by atoms with E-state index in [1.165, 1.54) is 6.20 Å². The summed E-state index contributed by atoms with van der Waals surface area (Å²) in [6, 6.07) is 0.0506. The molecule has 0 spiro atoms. The van der Waals surface area contributed by atoms with E-state index in [0.29, 0.717) is 5.92 Å². The predicted octanol–water partition coefficient (Wildman–Crippen LogP) is 2.16. The molecule has 6 heteroatoms. The van der Waals surface area contributed by atoms with Crippen LogP contribution in [0.25, 0.3) is 0 Å². The zero-order valence-electron chi connectivity index (χ0n) is 10.4. The van der Waals surface area contributed by atoms with Crippen molar-refractivity contribution in [3.05, 3.63) is 28.8 Å². The van der Waals surface area contributed by atoms with Crippen molar-refractivity contribution in [1.29, 1.82) is 0 Å². The number of nitrogens with zero attached hydrogens (tertiary/aromatic N) is 1. The molecule has 1 saturated carbocycles. The third kappa shape index (κ3) is 3.42. The SMILES string of the molecule is O=C(NC1CCC(CO)CC1)c1cncc(F)c1Cl. The Morgan fingerprint density at radius 2 is 2.11 bits per heavy atom. The van der Waals surface area contributed by atoms with Crippen LogP contribution in [-0.4, -0.2) is 28.6 Å². The van der Waals surface area contributed by atoms with Crippen molar-refractivity contribution >= 4 is 17.5 Å². The highest BCUT2D eigenvalue weighted by Crippen LogP contribution is 2.24. The minimum Gasteiger partial charge on any atom is -0.396 e. The van der Waals surface area contributed by atoms with Gasteiger partial charge in [-0.3, -0.25) is 9.78 Å². The number of hydrogen-bond donors (Lipinski definition) is 2. The van der Waals surface area contributed by atoms with Crippen molar-refractivity contribution in [2.24, 2.45) is 5.92 Å². The topological polar surface area (TPSA) is 62.2 Å². The quantitative estimate of drug-likeness (QED) is 0.895. The Kier molecular flexibility index (Phi) is 4.71. The predicted molar refractivity (Wildman–Crippen MR) is 69.5 cm³/mol. The first-order valence-electron chi connectivity index (χ1n) is 6.32. The van der Waals surface area contributed by atoms with Gasteiger partial charge in [0, 0.05) is 18.8 Å². The molecule has 1 fully saturated rings. The Labute approximate surface area is 116 Å². The molecular formula is C13H16ClFN2O2. The lowest BCUT2D eigenvalue weighted by atomic mass is 9.86. The Morgan fingerprint density at radius 3 is 2.74 bits per heavy atom. The number of carbonyl (C=O) groups excluding carboxylic acids is 1. The molecular weight excluding hydrogens is 271 g/mol. The second-order valence-corrected chi connectivity index (χ2v) is 5.23. The lowest BCUT2D eigenvalue weighted by Crippen LogP contribution is -2.38. The van der Waals surface area contributed by atoms with Gasteiger partial charge < -0.3 is 10.4 Å². The molecule has 1 aliphatic carbocycles. The number of hydrogen-bond acceptors (Lipinski definition) is 3. The van der Waals surface area contributed by atoms with Gasteiger partial charge in [0.15, 0.2) is 5.82 Å². The van der Waals surface area contributed by atoms with Crippen molar-refractivity contribution in [3.63, 3.8) is 0 Å². The summed E-state index contributed by atoms with van der Waals surface area (Å²) in [4.78, 5) is 15.6. The highest BCUT2D eigenvalue weighted by Gasteiger charge is 2.23. The number of carbonyl (C=O) groups is 1. The summed E-state index contributed by atoms with van der Waals surface area (Å²) >= 11 is 5.74. The van der Waals surface area contributed by atoms with Crippen LogP contribution in [0.1, 0.15) is 36.0 Å². The average molecular weight is 287 g/mol. The van der Waals surface area contributed by atoms with Gasteiger partial charge >= 0.3 is 0 Å². The van der Waals surface area contributed by atoms with Gasteiger partial charge in [-0.25, -0.2) is 4.39 Å². The first kappa shape index (κ1) is 14.2. The van der Waals surface area contributed by atoms with E-state index in [-0.39, 0.29) is 23.2 Å². The molecule has 0 aromatic carbocycles. The number of aromatic nitrogens is 1. The minimum atomic E-state index is -0.696. The van der Waals surface area contributed by atoms with E-state index in [9.17, 15) is 9.18 Å². The fourth-order valence-electron chi connectivity index (χ4n) is 2.33. The highest BCUT2D eigenvalue weighted by molar-refractivity contribution is 6.33. The van der Waals surface area contributed by atoms with Crippen LogP contribution < -0.4 is 5.32 Å². The molecule has 2 rings (SSSR count). The number of nitrogens with one attached hydrogen (secondary N) is 1. The summed E-state index contributed by atoms with van der Waals surface area (Å²) in [6.45, 7) is 0.195. The van der Waals surface area contributed by atoms with Crippen molar-refractivity contribution in [3.8, 4) is 0 Å². The molecule has 104 valence electrons. The van der Waals surface area contributed by atoms with Crippen molar-refractivity contribution in [1.82, 2.24) is 10.3 Å². The third-order valence-corrected chi connectivity index (χ3v) is 3.91. The lowest BCUT2D eigenvalue weighted by Gasteiger charge is -2.28. The van der Waals surface area contributed by atoms with Crippen LogP contribution in [0.15, 0.2) is 12.4 Å². The Balaban J connectivity index is 1.96. The lowest BCUT2D eigenvalue weighted by molar-refractivity contribution is 0.0913. The van der Waals surface area contributed by atoms with Crippen LogP contribution in [0.5, 0.6) is 0 Å². The van der Waals surface area contributed by atoms with Crippen LogP contribution in [-0.2, 0) is 0 Å². The fourth-order valence-corrected chi connectivity index (χ4v) is 2.51. The normalized spacial score (nSPS) is 23.1. The molecule has 1 heterocycles. The maximum absolute atomic E-state index is 13.2. The van der Waals surface area contributed by atoms with Crippen LogP contribution in [0, 0.1) is 11.7 Å². The molecule has 1 aliphatic rings. The second kappa shape index (κ2) is 6.30. The molecule has 0 atom stereocenters. The molecule has 0 unspecified atom stereocenters. The van der Waals surface area contributed by atoms with Gasteiger partial charge in [-0.2, -0.15) is 0 Å². The monoisotopic (exact) mass is 286 g/mol. The number of pyridine rings is 1. The summed E-state index contributed by atoms with van der Waals surface area (Å²) in [5.74, 6) is -0.768. The smallest absolute Gasteiger partial charge is 0.254 e. The van der Waals surface area contributed by atoms with Gasteiger partial charge in [0.2, 0.25) is 0 Å². The summed E-state index contributed by atoms with van der Waals surface area (Å²) < 4.78 is 13.2. The number of rotatable bonds is 3. The van der Waals surface area contributed by atoms with E-state index in [1.54, 1.807) is 0 Å². The van der Waals surface area contributed by atoms with E-state index in [1.807, 2.05) is 0 Å². The van der Waals surface area contributed by atoms with Gasteiger partial charge in [0.1, 0.15) is 0 Å². The Bertz CT molecular complexity index is 462. The number of aliphatic hydroxyl groups is 1. The van der Waals surface area contributed by atoms with Crippen LogP contribution >= 0.6 is 11.6 Å². The van der Waals surface area contributed by atoms with E-state index in [0.717, 1.165) is 31.9 Å². The molecule has 1 aromatic rings. The molecule has 2 N–H and O–H groups in total. The molecule has 0 aliphatic heterocycles. The molecule has 0 radical (unpaired) electrons. The maximum atomic E-state index is 13.2.